The second-order valence-electron chi connectivity index (χ2n) is 8.16. The Kier molecular flexibility index (Phi) is 7.47. The maximum absolute atomic E-state index is 13.1. The highest BCUT2D eigenvalue weighted by molar-refractivity contribution is 6.31. The van der Waals surface area contributed by atoms with E-state index in [1.807, 2.05) is 42.5 Å². The van der Waals surface area contributed by atoms with Crippen molar-refractivity contribution in [2.75, 3.05) is 29.9 Å². The van der Waals surface area contributed by atoms with Crippen molar-refractivity contribution >= 4 is 28.9 Å². The molecule has 0 saturated carbocycles. The number of rotatable bonds is 7. The molecule has 33 heavy (non-hydrogen) atoms. The van der Waals surface area contributed by atoms with Crippen LogP contribution in [0.5, 0.6) is 0 Å². The number of nitrogens with one attached hydrogen (secondary N) is 1. The average Bonchev–Trinajstić information content (AvgIpc) is 3.04. The Labute approximate surface area is 197 Å². The second kappa shape index (κ2) is 10.7. The molecule has 2 heterocycles. The lowest BCUT2D eigenvalue weighted by atomic mass is 10.1. The van der Waals surface area contributed by atoms with Gasteiger partial charge in [0.1, 0.15) is 0 Å². The van der Waals surface area contributed by atoms with Gasteiger partial charge in [-0.05, 0) is 67.7 Å². The zero-order chi connectivity index (χ0) is 23.2. The number of nitrogens with zero attached hydrogens (tertiary/aromatic N) is 4. The lowest BCUT2D eigenvalue weighted by molar-refractivity contribution is 0.268. The summed E-state index contributed by atoms with van der Waals surface area (Å²) in [5.41, 5.74) is 1.59. The number of aliphatic hydroxyl groups excluding tert-OH is 1. The van der Waals surface area contributed by atoms with Crippen molar-refractivity contribution in [2.45, 2.75) is 38.8 Å². The lowest BCUT2D eigenvalue weighted by Crippen LogP contribution is -2.43. The summed E-state index contributed by atoms with van der Waals surface area (Å²) in [6.07, 6.45) is 11.7. The molecule has 2 N–H and O–H groups in total. The van der Waals surface area contributed by atoms with Crippen LogP contribution in [0.4, 0.5) is 17.3 Å². The molecule has 4 rings (SSSR count). The first kappa shape index (κ1) is 23.1. The largest absolute Gasteiger partial charge is 0.395 e. The van der Waals surface area contributed by atoms with Gasteiger partial charge in [-0.1, -0.05) is 23.8 Å². The Hall–Kier alpha value is -3.10. The fourth-order valence-corrected chi connectivity index (χ4v) is 4.21. The van der Waals surface area contributed by atoms with Crippen molar-refractivity contribution in [1.82, 2.24) is 14.1 Å². The van der Waals surface area contributed by atoms with Gasteiger partial charge < -0.3 is 15.3 Å². The molecule has 1 aromatic heterocycles. The molecule has 9 heteroatoms. The summed E-state index contributed by atoms with van der Waals surface area (Å²) in [6, 6.07) is 7.93. The van der Waals surface area contributed by atoms with Crippen LogP contribution in [0.1, 0.15) is 25.7 Å². The number of halogens is 1. The van der Waals surface area contributed by atoms with Crippen molar-refractivity contribution in [3.05, 3.63) is 80.1 Å². The topological polar surface area (TPSA) is 92.4 Å². The monoisotopic (exact) mass is 469 g/mol. The van der Waals surface area contributed by atoms with Crippen LogP contribution < -0.4 is 21.6 Å². The lowest BCUT2D eigenvalue weighted by Gasteiger charge is -2.28. The van der Waals surface area contributed by atoms with Crippen LogP contribution in [0, 0.1) is 0 Å². The standard InChI is InChI=1S/C24H28ClN5O3/c25-19-6-4-5-18(7-8-19)17-30-22(27-23(32)29(15-16-31)24(30)33)26-20-9-11-21(12-10-20)28-13-2-1-3-14-28/h4,6-12,31H,1-3,5,13-17H2,(H,26,27,32). The van der Waals surface area contributed by atoms with Gasteiger partial charge in [0, 0.05) is 29.5 Å². The van der Waals surface area contributed by atoms with Crippen LogP contribution >= 0.6 is 11.6 Å². The molecule has 0 radical (unpaired) electrons. The molecule has 1 fully saturated rings. The highest BCUT2D eigenvalue weighted by atomic mass is 35.5. The van der Waals surface area contributed by atoms with Gasteiger partial charge >= 0.3 is 11.4 Å². The third-order valence-corrected chi connectivity index (χ3v) is 6.07. The molecule has 0 spiro atoms. The minimum absolute atomic E-state index is 0.111. The van der Waals surface area contributed by atoms with Crippen molar-refractivity contribution in [2.24, 2.45) is 0 Å². The molecule has 0 unspecified atom stereocenters. The van der Waals surface area contributed by atoms with Gasteiger partial charge in [-0.25, -0.2) is 14.2 Å². The van der Waals surface area contributed by atoms with Crippen LogP contribution in [0.2, 0.25) is 0 Å². The van der Waals surface area contributed by atoms with Crippen molar-refractivity contribution in [3.8, 4) is 0 Å². The molecular weight excluding hydrogens is 442 g/mol. The number of allylic oxidation sites excluding steroid dienone is 6. The zero-order valence-electron chi connectivity index (χ0n) is 18.4. The van der Waals surface area contributed by atoms with Crippen LogP contribution in [0.25, 0.3) is 0 Å². The molecule has 1 aliphatic heterocycles. The van der Waals surface area contributed by atoms with E-state index in [-0.39, 0.29) is 25.6 Å². The summed E-state index contributed by atoms with van der Waals surface area (Å²) in [5, 5.41) is 13.0. The zero-order valence-corrected chi connectivity index (χ0v) is 19.2. The summed E-state index contributed by atoms with van der Waals surface area (Å²) in [5.74, 6) is 0.161. The van der Waals surface area contributed by atoms with Crippen LogP contribution in [0.3, 0.4) is 0 Å². The number of piperidine rings is 1. The Balaban J connectivity index is 1.64. The highest BCUT2D eigenvalue weighted by Crippen LogP contribution is 2.23. The summed E-state index contributed by atoms with van der Waals surface area (Å²) in [7, 11) is 0. The summed E-state index contributed by atoms with van der Waals surface area (Å²) in [6.45, 7) is 1.90. The van der Waals surface area contributed by atoms with E-state index in [2.05, 4.69) is 15.2 Å². The van der Waals surface area contributed by atoms with E-state index in [1.165, 1.54) is 23.8 Å². The molecule has 1 aromatic carbocycles. The molecule has 174 valence electrons. The number of anilines is 3. The van der Waals surface area contributed by atoms with Gasteiger partial charge in [0.2, 0.25) is 5.95 Å². The van der Waals surface area contributed by atoms with Gasteiger partial charge in [-0.2, -0.15) is 4.98 Å². The fourth-order valence-electron chi connectivity index (χ4n) is 4.06. The predicted octanol–water partition coefficient (Wildman–Crippen LogP) is 3.14. The maximum atomic E-state index is 13.1. The first-order chi connectivity index (χ1) is 16.0. The molecular formula is C24H28ClN5O3. The van der Waals surface area contributed by atoms with E-state index in [4.69, 9.17) is 11.6 Å². The smallest absolute Gasteiger partial charge is 0.355 e. The van der Waals surface area contributed by atoms with Crippen LogP contribution in [0.15, 0.2) is 68.8 Å². The average molecular weight is 470 g/mol. The molecule has 2 aliphatic rings. The Morgan fingerprint density at radius 3 is 2.52 bits per heavy atom. The first-order valence-corrected chi connectivity index (χ1v) is 11.6. The van der Waals surface area contributed by atoms with E-state index in [0.717, 1.165) is 34.6 Å². The van der Waals surface area contributed by atoms with E-state index < -0.39 is 11.4 Å². The second-order valence-corrected chi connectivity index (χ2v) is 8.60. The Bertz CT molecular complexity index is 1190. The molecule has 0 bridgehead atoms. The van der Waals surface area contributed by atoms with Crippen molar-refractivity contribution < 1.29 is 5.11 Å². The van der Waals surface area contributed by atoms with Gasteiger partial charge in [0.05, 0.1) is 19.7 Å². The minimum Gasteiger partial charge on any atom is -0.395 e. The van der Waals surface area contributed by atoms with Crippen molar-refractivity contribution in [3.63, 3.8) is 0 Å². The third-order valence-electron chi connectivity index (χ3n) is 5.81. The minimum atomic E-state index is -0.699. The molecule has 1 saturated heterocycles. The quantitative estimate of drug-likeness (QED) is 0.647. The Morgan fingerprint density at radius 2 is 1.79 bits per heavy atom. The van der Waals surface area contributed by atoms with Crippen LogP contribution in [-0.2, 0) is 13.1 Å². The summed E-state index contributed by atoms with van der Waals surface area (Å²) in [4.78, 5) is 32.1. The molecule has 8 nitrogen and oxygen atoms in total. The van der Waals surface area contributed by atoms with Gasteiger partial charge in [0.15, 0.2) is 0 Å². The molecule has 2 aromatic rings. The van der Waals surface area contributed by atoms with E-state index >= 15 is 0 Å². The van der Waals surface area contributed by atoms with Crippen LogP contribution in [-0.4, -0.2) is 38.9 Å². The molecule has 1 aliphatic carbocycles. The van der Waals surface area contributed by atoms with Gasteiger partial charge in [-0.3, -0.25) is 4.57 Å². The SMILES string of the molecule is O=c1nc(Nc2ccc(N3CCCCC3)cc2)n(CC2=CC=C(Cl)C=CC2)c(=O)n1CCO. The number of benzene rings is 1. The number of aromatic nitrogens is 3. The van der Waals surface area contributed by atoms with Gasteiger partial charge in [-0.15, -0.1) is 0 Å². The summed E-state index contributed by atoms with van der Waals surface area (Å²) < 4.78 is 2.36. The number of hydrogen-bond acceptors (Lipinski definition) is 6. The van der Waals surface area contributed by atoms with Crippen molar-refractivity contribution in [1.29, 1.82) is 0 Å². The Morgan fingerprint density at radius 1 is 1.03 bits per heavy atom. The normalized spacial score (nSPS) is 16.2. The van der Waals surface area contributed by atoms with E-state index in [9.17, 15) is 14.7 Å². The number of aliphatic hydroxyl groups is 1. The first-order valence-electron chi connectivity index (χ1n) is 11.2. The summed E-state index contributed by atoms with van der Waals surface area (Å²) >= 11 is 6.08. The molecule has 0 amide bonds. The van der Waals surface area contributed by atoms with Gasteiger partial charge in [0.25, 0.3) is 0 Å². The van der Waals surface area contributed by atoms with E-state index in [0.29, 0.717) is 11.5 Å². The predicted molar refractivity (Wildman–Crippen MR) is 131 cm³/mol. The fraction of sp³-hybridized carbons (Fsp3) is 0.375. The maximum Gasteiger partial charge on any atom is 0.355 e. The third kappa shape index (κ3) is 5.64. The number of hydrogen-bond donors (Lipinski definition) is 2. The van der Waals surface area contributed by atoms with E-state index in [1.54, 1.807) is 6.08 Å². The molecule has 0 atom stereocenters. The highest BCUT2D eigenvalue weighted by Gasteiger charge is 2.16.